The molecule has 0 fully saturated rings. The first-order chi connectivity index (χ1) is 13.6. The maximum absolute atomic E-state index is 3.31. The van der Waals surface area contributed by atoms with E-state index in [2.05, 4.69) is 90.6 Å². The molecule has 0 unspecified atom stereocenters. The third kappa shape index (κ3) is 2.99. The van der Waals surface area contributed by atoms with Crippen LogP contribution >= 0.6 is 0 Å². The topological polar surface area (TPSA) is 31.6 Å². The average Bonchev–Trinajstić information content (AvgIpc) is 3.36. The van der Waals surface area contributed by atoms with Crippen LogP contribution in [0.2, 0.25) is 0 Å². The van der Waals surface area contributed by atoms with Crippen LogP contribution in [0.3, 0.4) is 0 Å². The van der Waals surface area contributed by atoms with Crippen molar-refractivity contribution in [3.63, 3.8) is 0 Å². The molecule has 0 saturated carbocycles. The van der Waals surface area contributed by atoms with Crippen molar-refractivity contribution < 1.29 is 0 Å². The molecule has 2 nitrogen and oxygen atoms in total. The summed E-state index contributed by atoms with van der Waals surface area (Å²) in [6, 6.07) is 17.8. The highest BCUT2D eigenvalue weighted by Crippen LogP contribution is 2.47. The van der Waals surface area contributed by atoms with E-state index in [4.69, 9.17) is 0 Å². The Bertz CT molecular complexity index is 1200. The van der Waals surface area contributed by atoms with Crippen LogP contribution in [0.5, 0.6) is 0 Å². The number of rotatable bonds is 3. The first-order valence-corrected chi connectivity index (χ1v) is 10.1. The quantitative estimate of drug-likeness (QED) is 0.360. The molecular formula is C26H26N2. The van der Waals surface area contributed by atoms with Crippen molar-refractivity contribution in [2.24, 2.45) is 5.41 Å². The maximum Gasteiger partial charge on any atom is 0.0454 e. The van der Waals surface area contributed by atoms with Gasteiger partial charge in [0.1, 0.15) is 0 Å². The summed E-state index contributed by atoms with van der Waals surface area (Å²) < 4.78 is 0. The standard InChI is InChI=1S/C26H26N2/c1-18-7-11-26(2,12-8-19-3-5-24-21(16-19)9-13-27-24)23(15-18)20-4-6-25-22(17-20)10-14-28-25/h3-6,8-10,12-17,23,27-28H,7,11H2,1-2H3/b12-8+/t23-,26-/m0/s1. The number of fused-ring (bicyclic) bond motifs is 2. The molecule has 5 rings (SSSR count). The summed E-state index contributed by atoms with van der Waals surface area (Å²) in [5.41, 5.74) is 6.67. The molecule has 2 N–H and O–H groups in total. The Hall–Kier alpha value is -3.00. The van der Waals surface area contributed by atoms with Gasteiger partial charge in [-0.15, -0.1) is 0 Å². The monoisotopic (exact) mass is 366 g/mol. The first-order valence-electron chi connectivity index (χ1n) is 10.1. The van der Waals surface area contributed by atoms with E-state index in [9.17, 15) is 0 Å². The summed E-state index contributed by atoms with van der Waals surface area (Å²) in [5.74, 6) is 0.396. The minimum absolute atomic E-state index is 0.108. The highest BCUT2D eigenvalue weighted by molar-refractivity contribution is 5.82. The van der Waals surface area contributed by atoms with Gasteiger partial charge in [0.2, 0.25) is 0 Å². The average molecular weight is 367 g/mol. The Kier molecular flexibility index (Phi) is 4.01. The van der Waals surface area contributed by atoms with Crippen molar-refractivity contribution in [3.8, 4) is 0 Å². The lowest BCUT2D eigenvalue weighted by molar-refractivity contribution is 0.334. The van der Waals surface area contributed by atoms with Crippen molar-refractivity contribution in [1.82, 2.24) is 9.97 Å². The van der Waals surface area contributed by atoms with E-state index >= 15 is 0 Å². The van der Waals surface area contributed by atoms with E-state index in [0.29, 0.717) is 5.92 Å². The van der Waals surface area contributed by atoms with Gasteiger partial charge in [-0.25, -0.2) is 0 Å². The second-order valence-electron chi connectivity index (χ2n) is 8.48. The van der Waals surface area contributed by atoms with Gasteiger partial charge in [-0.05, 0) is 83.5 Å². The van der Waals surface area contributed by atoms with E-state index in [1.54, 1.807) is 0 Å². The minimum atomic E-state index is 0.108. The molecule has 2 heterocycles. The van der Waals surface area contributed by atoms with Crippen molar-refractivity contribution in [3.05, 3.63) is 89.8 Å². The maximum atomic E-state index is 3.31. The first kappa shape index (κ1) is 17.1. The molecule has 2 aromatic heterocycles. The predicted octanol–water partition coefficient (Wildman–Crippen LogP) is 7.19. The molecule has 2 atom stereocenters. The summed E-state index contributed by atoms with van der Waals surface area (Å²) in [7, 11) is 0. The molecule has 2 heteroatoms. The number of benzene rings is 2. The van der Waals surface area contributed by atoms with Gasteiger partial charge in [-0.2, -0.15) is 0 Å². The van der Waals surface area contributed by atoms with Gasteiger partial charge in [0, 0.05) is 29.3 Å². The number of hydrogen-bond acceptors (Lipinski definition) is 0. The highest BCUT2D eigenvalue weighted by Gasteiger charge is 2.34. The van der Waals surface area contributed by atoms with Gasteiger partial charge in [-0.1, -0.05) is 42.9 Å². The lowest BCUT2D eigenvalue weighted by atomic mass is 9.66. The number of H-pyrrole nitrogens is 2. The smallest absolute Gasteiger partial charge is 0.0454 e. The zero-order chi connectivity index (χ0) is 19.1. The molecule has 140 valence electrons. The predicted molar refractivity (Wildman–Crippen MR) is 119 cm³/mol. The van der Waals surface area contributed by atoms with E-state index in [-0.39, 0.29) is 5.41 Å². The molecule has 28 heavy (non-hydrogen) atoms. The Morgan fingerprint density at radius 3 is 2.43 bits per heavy atom. The van der Waals surface area contributed by atoms with Gasteiger partial charge in [0.05, 0.1) is 0 Å². The molecule has 0 radical (unpaired) electrons. The van der Waals surface area contributed by atoms with Crippen LogP contribution in [0, 0.1) is 5.41 Å². The fourth-order valence-electron chi connectivity index (χ4n) is 4.57. The van der Waals surface area contributed by atoms with Gasteiger partial charge in [0.25, 0.3) is 0 Å². The Morgan fingerprint density at radius 2 is 1.64 bits per heavy atom. The van der Waals surface area contributed by atoms with Crippen LogP contribution in [0.25, 0.3) is 27.9 Å². The molecule has 1 aliphatic rings. The highest BCUT2D eigenvalue weighted by atomic mass is 14.7. The Labute approximate surface area is 166 Å². The SMILES string of the molecule is CC1=C[C@@H](c2ccc3[nH]ccc3c2)[C@](C)(/C=C/c2ccc3[nH]ccc3c2)CC1. The van der Waals surface area contributed by atoms with E-state index in [0.717, 1.165) is 0 Å². The fourth-order valence-corrected chi connectivity index (χ4v) is 4.57. The fraction of sp³-hybridized carbons (Fsp3) is 0.231. The van der Waals surface area contributed by atoms with Crippen molar-refractivity contribution in [1.29, 1.82) is 0 Å². The molecule has 0 amide bonds. The second kappa shape index (κ2) is 6.56. The molecule has 4 aromatic rings. The molecule has 2 aromatic carbocycles. The minimum Gasteiger partial charge on any atom is -0.361 e. The lowest BCUT2D eigenvalue weighted by Crippen LogP contribution is -2.25. The zero-order valence-electron chi connectivity index (χ0n) is 16.5. The van der Waals surface area contributed by atoms with Crippen molar-refractivity contribution in [2.75, 3.05) is 0 Å². The van der Waals surface area contributed by atoms with Crippen LogP contribution in [0.1, 0.15) is 43.7 Å². The molecule has 1 aliphatic carbocycles. The number of aromatic nitrogens is 2. The number of allylic oxidation sites excluding steroid dienone is 3. The van der Waals surface area contributed by atoms with E-state index in [1.165, 1.54) is 51.3 Å². The second-order valence-corrected chi connectivity index (χ2v) is 8.48. The van der Waals surface area contributed by atoms with Crippen LogP contribution in [0.15, 0.2) is 78.6 Å². The molecular weight excluding hydrogens is 340 g/mol. The van der Waals surface area contributed by atoms with Crippen LogP contribution in [0.4, 0.5) is 0 Å². The molecule has 0 spiro atoms. The summed E-state index contributed by atoms with van der Waals surface area (Å²) in [6.45, 7) is 4.68. The third-order valence-electron chi connectivity index (χ3n) is 6.39. The number of aromatic amines is 2. The Morgan fingerprint density at radius 1 is 0.929 bits per heavy atom. The van der Waals surface area contributed by atoms with Gasteiger partial charge < -0.3 is 9.97 Å². The summed E-state index contributed by atoms with van der Waals surface area (Å²) in [6.07, 6.45) is 13.6. The van der Waals surface area contributed by atoms with Crippen LogP contribution < -0.4 is 0 Å². The molecule has 0 aliphatic heterocycles. The Balaban J connectivity index is 1.52. The van der Waals surface area contributed by atoms with Crippen LogP contribution in [-0.4, -0.2) is 9.97 Å². The van der Waals surface area contributed by atoms with Crippen molar-refractivity contribution >= 4 is 27.9 Å². The summed E-state index contributed by atoms with van der Waals surface area (Å²) in [4.78, 5) is 6.58. The largest absolute Gasteiger partial charge is 0.361 e. The van der Waals surface area contributed by atoms with E-state index < -0.39 is 0 Å². The van der Waals surface area contributed by atoms with Gasteiger partial charge >= 0.3 is 0 Å². The summed E-state index contributed by atoms with van der Waals surface area (Å²) >= 11 is 0. The molecule has 0 bridgehead atoms. The third-order valence-corrected chi connectivity index (χ3v) is 6.39. The zero-order valence-corrected chi connectivity index (χ0v) is 16.5. The summed E-state index contributed by atoms with van der Waals surface area (Å²) in [5, 5.41) is 2.56. The number of nitrogens with one attached hydrogen (secondary N) is 2. The van der Waals surface area contributed by atoms with Gasteiger partial charge in [0.15, 0.2) is 0 Å². The van der Waals surface area contributed by atoms with E-state index in [1.807, 2.05) is 12.4 Å². The normalized spacial score (nSPS) is 22.9. The number of hydrogen-bond donors (Lipinski definition) is 2. The van der Waals surface area contributed by atoms with Crippen molar-refractivity contribution in [2.45, 2.75) is 32.6 Å². The van der Waals surface area contributed by atoms with Crippen LogP contribution in [-0.2, 0) is 0 Å². The molecule has 0 saturated heterocycles. The van der Waals surface area contributed by atoms with Gasteiger partial charge in [-0.3, -0.25) is 0 Å². The lowest BCUT2D eigenvalue weighted by Gasteiger charge is -2.38.